The number of piperidine rings is 1. The number of alkyl carbamates (subject to hydrolysis) is 1. The number of rotatable bonds is 8. The Hall–Kier alpha value is -2.29. The fraction of sp³-hybridized carbons (Fsp3) is 0.667. The Labute approximate surface area is 181 Å². The molecule has 165 valence electrons. The first-order valence-electron chi connectivity index (χ1n) is 10.3. The molecule has 0 bridgehead atoms. The van der Waals surface area contributed by atoms with Gasteiger partial charge in [-0.2, -0.15) is 0 Å². The summed E-state index contributed by atoms with van der Waals surface area (Å²) in [5.74, 6) is 0.101. The van der Waals surface area contributed by atoms with Crippen molar-refractivity contribution in [2.75, 3.05) is 37.7 Å². The molecule has 1 aromatic heterocycles. The molecule has 1 fully saturated rings. The van der Waals surface area contributed by atoms with Crippen molar-refractivity contribution < 1.29 is 19.1 Å². The molecule has 1 aliphatic heterocycles. The van der Waals surface area contributed by atoms with Crippen molar-refractivity contribution in [1.82, 2.24) is 15.6 Å². The molecule has 3 radical (unpaired) electrons. The number of pyridine rings is 1. The number of esters is 1. The minimum atomic E-state index is -0.597. The molecule has 1 aromatic rings. The quantitative estimate of drug-likeness (QED) is 0.494. The third-order valence-electron chi connectivity index (χ3n) is 4.72. The van der Waals surface area contributed by atoms with E-state index in [1.807, 2.05) is 24.5 Å². The molecule has 1 aliphatic rings. The van der Waals surface area contributed by atoms with Crippen molar-refractivity contribution in [3.8, 4) is 0 Å². The van der Waals surface area contributed by atoms with Crippen LogP contribution in [0.25, 0.3) is 0 Å². The number of nitrogens with one attached hydrogen (secondary N) is 2. The van der Waals surface area contributed by atoms with Crippen LogP contribution in [-0.4, -0.2) is 69.9 Å². The second-order valence-corrected chi connectivity index (χ2v) is 8.23. The lowest BCUT2D eigenvalue weighted by atomic mass is 9.96. The molecule has 9 heteroatoms. The van der Waals surface area contributed by atoms with Crippen molar-refractivity contribution >= 4 is 26.2 Å². The van der Waals surface area contributed by atoms with Gasteiger partial charge in [-0.1, -0.05) is 0 Å². The van der Waals surface area contributed by atoms with E-state index in [0.717, 1.165) is 25.9 Å². The zero-order valence-corrected chi connectivity index (χ0v) is 18.5. The zero-order chi connectivity index (χ0) is 21.3. The predicted octanol–water partition coefficient (Wildman–Crippen LogP) is 1.96. The van der Waals surface area contributed by atoms with E-state index in [1.165, 1.54) is 5.69 Å². The van der Waals surface area contributed by atoms with Crippen molar-refractivity contribution in [3.63, 3.8) is 0 Å². The van der Waals surface area contributed by atoms with Crippen molar-refractivity contribution in [2.24, 2.45) is 5.92 Å². The van der Waals surface area contributed by atoms with Gasteiger partial charge in [-0.3, -0.25) is 9.78 Å². The van der Waals surface area contributed by atoms with Gasteiger partial charge < -0.3 is 25.0 Å². The number of hydrogen-bond acceptors (Lipinski definition) is 7. The zero-order valence-electron chi connectivity index (χ0n) is 18.5. The lowest BCUT2D eigenvalue weighted by Gasteiger charge is -2.34. The summed E-state index contributed by atoms with van der Waals surface area (Å²) in [7, 11) is 0. The number of nitrogens with zero attached hydrogens (tertiary/aromatic N) is 2. The average molecular weight is 417 g/mol. The molecule has 0 unspecified atom stereocenters. The van der Waals surface area contributed by atoms with Crippen LogP contribution in [0.3, 0.4) is 0 Å². The summed E-state index contributed by atoms with van der Waals surface area (Å²) in [6.45, 7) is 10.2. The maximum atomic E-state index is 12.3. The van der Waals surface area contributed by atoms with Gasteiger partial charge in [0, 0.05) is 46.1 Å². The molecule has 0 saturated carbocycles. The number of aromatic nitrogens is 1. The fourth-order valence-corrected chi connectivity index (χ4v) is 3.24. The fourth-order valence-electron chi connectivity index (χ4n) is 3.24. The van der Waals surface area contributed by atoms with Crippen LogP contribution < -0.4 is 15.5 Å². The normalized spacial score (nSPS) is 15.7. The molecule has 2 rings (SSSR count). The molecular formula is C21H34BN4O4. The Morgan fingerprint density at radius 3 is 2.43 bits per heavy atom. The van der Waals surface area contributed by atoms with Crippen LogP contribution in [0.2, 0.25) is 0 Å². The number of amides is 1. The Morgan fingerprint density at radius 2 is 1.87 bits per heavy atom. The van der Waals surface area contributed by atoms with E-state index in [4.69, 9.17) is 9.47 Å². The van der Waals surface area contributed by atoms with Crippen molar-refractivity contribution in [2.45, 2.75) is 52.2 Å². The first-order chi connectivity index (χ1) is 13.8. The number of carbonyl (C=O) groups excluding carboxylic acids is 2. The van der Waals surface area contributed by atoms with Gasteiger partial charge in [-0.15, -0.1) is 0 Å². The maximum Gasteiger partial charge on any atom is 0.407 e. The molecule has 1 saturated heterocycles. The topological polar surface area (TPSA) is 92.8 Å². The molecule has 0 spiro atoms. The summed E-state index contributed by atoms with van der Waals surface area (Å²) < 4.78 is 10.4. The van der Waals surface area contributed by atoms with E-state index < -0.39 is 17.7 Å². The van der Waals surface area contributed by atoms with Gasteiger partial charge >= 0.3 is 12.1 Å². The highest BCUT2D eigenvalue weighted by molar-refractivity contribution is 5.77. The van der Waals surface area contributed by atoms with E-state index in [-0.39, 0.29) is 20.9 Å². The largest absolute Gasteiger partial charge is 0.465 e. The molecule has 2 heterocycles. The smallest absolute Gasteiger partial charge is 0.407 e. The lowest BCUT2D eigenvalue weighted by Crippen LogP contribution is -2.49. The molecule has 2 N–H and O–H groups in total. The summed E-state index contributed by atoms with van der Waals surface area (Å²) in [6.07, 6.45) is 5.14. The van der Waals surface area contributed by atoms with Crippen LogP contribution in [-0.2, 0) is 14.3 Å². The Bertz CT molecular complexity index is 646. The predicted molar refractivity (Wildman–Crippen MR) is 118 cm³/mol. The average Bonchev–Trinajstić information content (AvgIpc) is 2.68. The van der Waals surface area contributed by atoms with Gasteiger partial charge in [-0.05, 0) is 65.1 Å². The van der Waals surface area contributed by atoms with Gasteiger partial charge in [0.1, 0.15) is 11.6 Å². The van der Waals surface area contributed by atoms with E-state index in [9.17, 15) is 9.59 Å². The van der Waals surface area contributed by atoms with Crippen LogP contribution in [0.4, 0.5) is 10.5 Å². The molecule has 0 aromatic carbocycles. The van der Waals surface area contributed by atoms with Gasteiger partial charge in [-0.25, -0.2) is 4.79 Å². The van der Waals surface area contributed by atoms with Crippen LogP contribution in [0.1, 0.15) is 40.5 Å². The Balaban J connectivity index is 0.00000450. The van der Waals surface area contributed by atoms with Crippen LogP contribution in [0, 0.1) is 5.92 Å². The van der Waals surface area contributed by atoms with Gasteiger partial charge in [0.05, 0.1) is 6.61 Å². The highest BCUT2D eigenvalue weighted by Crippen LogP contribution is 2.22. The van der Waals surface area contributed by atoms with Crippen LogP contribution in [0.5, 0.6) is 0 Å². The second-order valence-electron chi connectivity index (χ2n) is 8.23. The number of hydrogen-bond donors (Lipinski definition) is 2. The molecule has 1 atom stereocenters. The standard InChI is InChI=1S/C21H34N4O4.B/c1-5-28-19(26)18(15-24-20(27)29-21(2,3)4)23-14-16-8-12-25(13-9-16)17-6-10-22-11-7-17;/h6-7,10-11,16,18,23H,5,8-9,12-15H2,1-4H3,(H,24,27);/t18-;/m1./s1. The second kappa shape index (κ2) is 12.4. The Kier molecular flexibility index (Phi) is 10.7. The summed E-state index contributed by atoms with van der Waals surface area (Å²) in [5, 5.41) is 5.93. The first-order valence-corrected chi connectivity index (χ1v) is 10.3. The third kappa shape index (κ3) is 9.03. The van der Waals surface area contributed by atoms with Crippen LogP contribution >= 0.6 is 0 Å². The number of anilines is 1. The van der Waals surface area contributed by atoms with Crippen LogP contribution in [0.15, 0.2) is 24.5 Å². The molecular weight excluding hydrogens is 383 g/mol. The summed E-state index contributed by atoms with van der Waals surface area (Å²) in [4.78, 5) is 30.6. The number of carbonyl (C=O) groups is 2. The first kappa shape index (κ1) is 25.8. The SMILES string of the molecule is CCOC(=O)[C@@H](CNC(=O)OC(C)(C)C)NCC1CCN(c2ccncc2)CC1.[B]. The summed E-state index contributed by atoms with van der Waals surface area (Å²) in [6, 6.07) is 3.45. The van der Waals surface area contributed by atoms with E-state index in [2.05, 4.69) is 20.5 Å². The monoisotopic (exact) mass is 417 g/mol. The number of ether oxygens (including phenoxy) is 2. The van der Waals surface area contributed by atoms with Gasteiger partial charge in [0.2, 0.25) is 0 Å². The Morgan fingerprint density at radius 1 is 1.23 bits per heavy atom. The molecule has 0 aliphatic carbocycles. The lowest BCUT2D eigenvalue weighted by molar-refractivity contribution is -0.145. The highest BCUT2D eigenvalue weighted by atomic mass is 16.6. The van der Waals surface area contributed by atoms with Gasteiger partial charge in [0.15, 0.2) is 0 Å². The molecule has 1 amide bonds. The summed E-state index contributed by atoms with van der Waals surface area (Å²) in [5.41, 5.74) is 0.608. The van der Waals surface area contributed by atoms with E-state index in [1.54, 1.807) is 27.7 Å². The molecule has 30 heavy (non-hydrogen) atoms. The highest BCUT2D eigenvalue weighted by Gasteiger charge is 2.25. The maximum absolute atomic E-state index is 12.3. The van der Waals surface area contributed by atoms with E-state index >= 15 is 0 Å². The van der Waals surface area contributed by atoms with Crippen molar-refractivity contribution in [1.29, 1.82) is 0 Å². The van der Waals surface area contributed by atoms with E-state index in [0.29, 0.717) is 19.1 Å². The molecule has 8 nitrogen and oxygen atoms in total. The third-order valence-corrected chi connectivity index (χ3v) is 4.72. The minimum absolute atomic E-state index is 0. The minimum Gasteiger partial charge on any atom is -0.465 e. The van der Waals surface area contributed by atoms with Gasteiger partial charge in [0.25, 0.3) is 0 Å². The van der Waals surface area contributed by atoms with Crippen molar-refractivity contribution in [3.05, 3.63) is 24.5 Å². The summed E-state index contributed by atoms with van der Waals surface area (Å²) >= 11 is 0.